The normalized spacial score (nSPS) is 15.3. The van der Waals surface area contributed by atoms with E-state index in [1.165, 1.54) is 21.3 Å². The number of aldehydes is 1. The Morgan fingerprint density at radius 2 is 1.83 bits per heavy atom. The lowest BCUT2D eigenvalue weighted by Gasteiger charge is -2.31. The Kier molecular flexibility index (Phi) is 7.73. The second kappa shape index (κ2) is 8.18. The van der Waals surface area contributed by atoms with Gasteiger partial charge in [-0.3, -0.25) is 9.59 Å². The molecule has 0 saturated carbocycles. The molecule has 104 valence electrons. The Morgan fingerprint density at radius 3 is 2.17 bits per heavy atom. The van der Waals surface area contributed by atoms with E-state index in [4.69, 9.17) is 14.2 Å². The van der Waals surface area contributed by atoms with Crippen molar-refractivity contribution in [2.24, 2.45) is 0 Å². The van der Waals surface area contributed by atoms with Crippen LogP contribution < -0.4 is 0 Å². The van der Waals surface area contributed by atoms with Crippen LogP contribution in [0.2, 0.25) is 6.04 Å². The van der Waals surface area contributed by atoms with E-state index in [1.807, 2.05) is 6.92 Å². The number of methoxy groups -OCH3 is 3. The number of carbonyl (C=O) groups excluding carboxylic acids is 2. The molecule has 0 amide bonds. The summed E-state index contributed by atoms with van der Waals surface area (Å²) >= 11 is 0. The van der Waals surface area contributed by atoms with Gasteiger partial charge in [0.2, 0.25) is 0 Å². The lowest BCUT2D eigenvalue weighted by Crippen LogP contribution is -2.55. The molecule has 6 heteroatoms. The Balaban J connectivity index is 5.69. The van der Waals surface area contributed by atoms with Crippen molar-refractivity contribution in [3.63, 3.8) is 0 Å². The maximum atomic E-state index is 12.2. The molecule has 1 unspecified atom stereocenters. The first-order valence-corrected chi connectivity index (χ1v) is 8.17. The summed E-state index contributed by atoms with van der Waals surface area (Å²) in [6.45, 7) is 3.63. The van der Waals surface area contributed by atoms with E-state index in [1.54, 1.807) is 12.6 Å². The maximum absolute atomic E-state index is 12.2. The number of hydrogen-bond donors (Lipinski definition) is 0. The highest BCUT2D eigenvalue weighted by Gasteiger charge is 2.49. The minimum atomic E-state index is -2.81. The second-order valence-electron chi connectivity index (χ2n) is 4.09. The predicted molar refractivity (Wildman–Crippen MR) is 70.9 cm³/mol. The summed E-state index contributed by atoms with van der Waals surface area (Å²) in [4.78, 5) is 23.0. The summed E-state index contributed by atoms with van der Waals surface area (Å²) in [7, 11) is 1.50. The van der Waals surface area contributed by atoms with E-state index in [2.05, 4.69) is 0 Å². The molecule has 0 aromatic rings. The average Bonchev–Trinajstić information content (AvgIpc) is 2.38. The molecule has 0 heterocycles. The summed E-state index contributed by atoms with van der Waals surface area (Å²) in [6, 6.07) is 0.608. The lowest BCUT2D eigenvalue weighted by molar-refractivity contribution is -0.104. The van der Waals surface area contributed by atoms with Crippen molar-refractivity contribution in [2.75, 3.05) is 21.3 Å². The zero-order chi connectivity index (χ0) is 14.2. The van der Waals surface area contributed by atoms with Crippen molar-refractivity contribution in [3.05, 3.63) is 11.3 Å². The van der Waals surface area contributed by atoms with Crippen LogP contribution >= 0.6 is 0 Å². The Hall–Kier alpha value is -0.983. The number of ether oxygens (including phenoxy) is 3. The van der Waals surface area contributed by atoms with Gasteiger partial charge < -0.3 is 14.2 Å². The van der Waals surface area contributed by atoms with Crippen molar-refractivity contribution >= 4 is 20.0 Å². The largest absolute Gasteiger partial charge is 0.473 e. The van der Waals surface area contributed by atoms with Gasteiger partial charge in [0, 0.05) is 14.2 Å². The van der Waals surface area contributed by atoms with Crippen LogP contribution in [0.5, 0.6) is 0 Å². The molecule has 0 rings (SSSR count). The van der Waals surface area contributed by atoms with Gasteiger partial charge in [0.1, 0.15) is 6.29 Å². The average molecular weight is 274 g/mol. The molecule has 0 saturated heterocycles. The summed E-state index contributed by atoms with van der Waals surface area (Å²) in [5.74, 6) is -0.653. The van der Waals surface area contributed by atoms with E-state index in [0.717, 1.165) is 12.7 Å². The molecule has 5 nitrogen and oxygen atoms in total. The van der Waals surface area contributed by atoms with Crippen molar-refractivity contribution in [3.8, 4) is 0 Å². The molecule has 0 aromatic heterocycles. The van der Waals surface area contributed by atoms with Crippen molar-refractivity contribution < 1.29 is 23.8 Å². The van der Waals surface area contributed by atoms with Crippen LogP contribution in [0, 0.1) is 0 Å². The third kappa shape index (κ3) is 3.76. The van der Waals surface area contributed by atoms with E-state index >= 15 is 0 Å². The highest BCUT2D eigenvalue weighted by atomic mass is 28.3. The van der Waals surface area contributed by atoms with Gasteiger partial charge in [0.15, 0.2) is 5.91 Å². The van der Waals surface area contributed by atoms with E-state index in [0.29, 0.717) is 11.6 Å². The summed E-state index contributed by atoms with van der Waals surface area (Å²) in [6.07, 6.45) is 1.51. The third-order valence-electron chi connectivity index (χ3n) is 2.75. The van der Waals surface area contributed by atoms with Crippen LogP contribution in [-0.2, 0) is 19.0 Å². The molecule has 0 spiro atoms. The number of allylic oxidation sites excluding steroid dienone is 1. The SMILES string of the molecule is CCC[Si](C=C(C)C=O)(C(=O)OC)C(OC)OC. The molecular formula is C12H22O5Si. The predicted octanol–water partition coefficient (Wildman–Crippen LogP) is 2.04. The highest BCUT2D eigenvalue weighted by molar-refractivity contribution is 7.09. The number of rotatable bonds is 8. The quantitative estimate of drug-likeness (QED) is 0.293. The second-order valence-corrected chi connectivity index (χ2v) is 7.84. The molecule has 0 fully saturated rings. The lowest BCUT2D eigenvalue weighted by atomic mass is 10.4. The molecule has 0 radical (unpaired) electrons. The van der Waals surface area contributed by atoms with Crippen LogP contribution in [0.15, 0.2) is 11.3 Å². The summed E-state index contributed by atoms with van der Waals surface area (Å²) in [5.41, 5.74) is 1.87. The van der Waals surface area contributed by atoms with Gasteiger partial charge in [-0.15, -0.1) is 0 Å². The van der Waals surface area contributed by atoms with E-state index in [9.17, 15) is 9.59 Å². The van der Waals surface area contributed by atoms with Gasteiger partial charge in [-0.1, -0.05) is 19.0 Å². The van der Waals surface area contributed by atoms with Crippen LogP contribution in [0.25, 0.3) is 0 Å². The zero-order valence-corrected chi connectivity index (χ0v) is 12.7. The first-order chi connectivity index (χ1) is 8.52. The van der Waals surface area contributed by atoms with Gasteiger partial charge in [-0.2, -0.15) is 0 Å². The number of carbonyl (C=O) groups is 2. The smallest absolute Gasteiger partial charge is 0.282 e. The van der Waals surface area contributed by atoms with Crippen LogP contribution in [0.1, 0.15) is 20.3 Å². The molecule has 0 aliphatic rings. The van der Waals surface area contributed by atoms with E-state index in [-0.39, 0.29) is 5.59 Å². The third-order valence-corrected chi connectivity index (χ3v) is 7.32. The molecule has 18 heavy (non-hydrogen) atoms. The fraction of sp³-hybridized carbons (Fsp3) is 0.667. The van der Waals surface area contributed by atoms with Gasteiger partial charge in [-0.05, 0) is 18.5 Å². The first kappa shape index (κ1) is 17.0. The van der Waals surface area contributed by atoms with Gasteiger partial charge in [0.25, 0.3) is 13.7 Å². The zero-order valence-electron chi connectivity index (χ0n) is 11.7. The summed E-state index contributed by atoms with van der Waals surface area (Å²) < 4.78 is 15.4. The van der Waals surface area contributed by atoms with Crippen molar-refractivity contribution in [2.45, 2.75) is 32.2 Å². The molecular weight excluding hydrogens is 252 g/mol. The van der Waals surface area contributed by atoms with Gasteiger partial charge in [0.05, 0.1) is 7.11 Å². The monoisotopic (exact) mass is 274 g/mol. The molecule has 0 aromatic carbocycles. The maximum Gasteiger partial charge on any atom is 0.282 e. The number of hydrogen-bond acceptors (Lipinski definition) is 5. The molecule has 0 aliphatic carbocycles. The minimum Gasteiger partial charge on any atom is -0.473 e. The Labute approximate surface area is 109 Å². The minimum absolute atomic E-state index is 0.334. The molecule has 0 bridgehead atoms. The topological polar surface area (TPSA) is 61.8 Å². The Bertz CT molecular complexity index is 312. The van der Waals surface area contributed by atoms with Crippen LogP contribution in [0.4, 0.5) is 4.79 Å². The standard InChI is InChI=1S/C12H22O5Si/c1-6-7-18(11(14)15-3,9-10(2)8-13)12(16-4)17-5/h8-9,12H,6-7H2,1-5H3. The van der Waals surface area contributed by atoms with Gasteiger partial charge in [-0.25, -0.2) is 0 Å². The fourth-order valence-electron chi connectivity index (χ4n) is 2.08. The van der Waals surface area contributed by atoms with Gasteiger partial charge >= 0.3 is 0 Å². The Morgan fingerprint density at radius 1 is 1.28 bits per heavy atom. The van der Waals surface area contributed by atoms with Crippen LogP contribution in [0.3, 0.4) is 0 Å². The fourth-order valence-corrected chi connectivity index (χ4v) is 6.04. The van der Waals surface area contributed by atoms with Crippen LogP contribution in [-0.4, -0.2) is 47.2 Å². The first-order valence-electron chi connectivity index (χ1n) is 5.81. The van der Waals surface area contributed by atoms with Crippen molar-refractivity contribution in [1.29, 1.82) is 0 Å². The van der Waals surface area contributed by atoms with Crippen molar-refractivity contribution in [1.82, 2.24) is 0 Å². The molecule has 1 atom stereocenters. The molecule has 0 N–H and O–H groups in total. The summed E-state index contributed by atoms with van der Waals surface area (Å²) in [5, 5.41) is 0. The molecule has 0 aliphatic heterocycles. The highest BCUT2D eigenvalue weighted by Crippen LogP contribution is 2.25. The van der Waals surface area contributed by atoms with E-state index < -0.39 is 14.0 Å².